The van der Waals surface area contributed by atoms with Crippen LogP contribution >= 0.6 is 39.1 Å². The van der Waals surface area contributed by atoms with Gasteiger partial charge < -0.3 is 0 Å². The minimum absolute atomic E-state index is 0.297. The van der Waals surface area contributed by atoms with Crippen LogP contribution in [0.3, 0.4) is 0 Å². The molecule has 0 aliphatic rings. The van der Waals surface area contributed by atoms with Gasteiger partial charge in [0.15, 0.2) is 10.3 Å². The summed E-state index contributed by atoms with van der Waals surface area (Å²) in [7, 11) is 0. The van der Waals surface area contributed by atoms with Crippen LogP contribution in [0.25, 0.3) is 0 Å². The summed E-state index contributed by atoms with van der Waals surface area (Å²) in [5, 5.41) is 8.96. The maximum Gasteiger partial charge on any atom is 0.155 e. The van der Waals surface area contributed by atoms with Crippen molar-refractivity contribution >= 4 is 39.1 Å². The minimum atomic E-state index is 0.297. The molecule has 0 spiro atoms. The van der Waals surface area contributed by atoms with Crippen LogP contribution in [0.1, 0.15) is 18.4 Å². The number of aromatic nitrogens is 2. The molecule has 0 N–H and O–H groups in total. The molecule has 0 bridgehead atoms. The van der Waals surface area contributed by atoms with Gasteiger partial charge in [0, 0.05) is 5.33 Å². The quantitative estimate of drug-likeness (QED) is 0.770. The van der Waals surface area contributed by atoms with Crippen LogP contribution in [0, 0.1) is 0 Å². The molecule has 0 amide bonds. The van der Waals surface area contributed by atoms with Gasteiger partial charge in [0.05, 0.1) is 0 Å². The van der Waals surface area contributed by atoms with Gasteiger partial charge in [0.25, 0.3) is 0 Å². The number of alkyl halides is 1. The van der Waals surface area contributed by atoms with E-state index in [2.05, 4.69) is 26.1 Å². The first-order chi connectivity index (χ1) is 5.65. The van der Waals surface area contributed by atoms with E-state index in [0.29, 0.717) is 16.2 Å². The van der Waals surface area contributed by atoms with Crippen LogP contribution in [0.2, 0.25) is 10.3 Å². The molecule has 66 valence electrons. The highest BCUT2D eigenvalue weighted by molar-refractivity contribution is 9.09. The zero-order chi connectivity index (χ0) is 9.14. The van der Waals surface area contributed by atoms with Crippen molar-refractivity contribution < 1.29 is 0 Å². The summed E-state index contributed by atoms with van der Waals surface area (Å²) in [6.45, 7) is 2.04. The van der Waals surface area contributed by atoms with Crippen molar-refractivity contribution in [3.63, 3.8) is 0 Å². The predicted molar refractivity (Wildman–Crippen MR) is 54.3 cm³/mol. The van der Waals surface area contributed by atoms with Crippen LogP contribution in [-0.2, 0) is 0 Å². The van der Waals surface area contributed by atoms with Gasteiger partial charge in [-0.25, -0.2) is 0 Å². The maximum absolute atomic E-state index is 5.82. The van der Waals surface area contributed by atoms with Crippen molar-refractivity contribution in [1.29, 1.82) is 0 Å². The van der Waals surface area contributed by atoms with Crippen molar-refractivity contribution in [1.82, 2.24) is 10.2 Å². The van der Waals surface area contributed by atoms with E-state index in [1.165, 1.54) is 0 Å². The van der Waals surface area contributed by atoms with Crippen LogP contribution in [-0.4, -0.2) is 15.5 Å². The predicted octanol–water partition coefficient (Wildman–Crippen LogP) is 3.28. The fourth-order valence-electron chi connectivity index (χ4n) is 0.795. The van der Waals surface area contributed by atoms with Crippen molar-refractivity contribution in [3.8, 4) is 0 Å². The highest BCUT2D eigenvalue weighted by atomic mass is 79.9. The van der Waals surface area contributed by atoms with E-state index in [-0.39, 0.29) is 0 Å². The van der Waals surface area contributed by atoms with Gasteiger partial charge in [-0.2, -0.15) is 0 Å². The number of hydrogen-bond acceptors (Lipinski definition) is 2. The summed E-state index contributed by atoms with van der Waals surface area (Å²) in [6, 6.07) is 1.74. The van der Waals surface area contributed by atoms with Gasteiger partial charge in [0.2, 0.25) is 0 Å². The summed E-state index contributed by atoms with van der Waals surface area (Å²) in [4.78, 5) is 0. The van der Waals surface area contributed by atoms with Crippen molar-refractivity contribution in [2.75, 3.05) is 5.33 Å². The molecule has 0 fully saturated rings. The molecule has 2 nitrogen and oxygen atoms in total. The zero-order valence-electron chi connectivity index (χ0n) is 6.39. The third-order valence-electron chi connectivity index (χ3n) is 1.51. The SMILES string of the molecule is CC(CBr)c1cc(Cl)nnc1Cl. The lowest BCUT2D eigenvalue weighted by Crippen LogP contribution is -1.98. The Kier molecular flexibility index (Phi) is 3.75. The van der Waals surface area contributed by atoms with E-state index in [1.54, 1.807) is 6.07 Å². The van der Waals surface area contributed by atoms with Crippen molar-refractivity contribution in [2.24, 2.45) is 0 Å². The average molecular weight is 270 g/mol. The lowest BCUT2D eigenvalue weighted by Gasteiger charge is -2.08. The Labute approximate surface area is 89.4 Å². The fraction of sp³-hybridized carbons (Fsp3) is 0.429. The molecule has 1 atom stereocenters. The molecule has 0 aromatic carbocycles. The molecule has 5 heteroatoms. The molecular formula is C7H7BrCl2N2. The fourth-order valence-corrected chi connectivity index (χ4v) is 1.58. The zero-order valence-corrected chi connectivity index (χ0v) is 9.49. The summed E-state index contributed by atoms with van der Waals surface area (Å²) in [6.07, 6.45) is 0. The smallest absolute Gasteiger partial charge is 0.137 e. The Morgan fingerprint density at radius 3 is 2.75 bits per heavy atom. The molecule has 1 aromatic rings. The third kappa shape index (κ3) is 2.31. The average Bonchev–Trinajstić information content (AvgIpc) is 2.08. The molecule has 1 heterocycles. The molecule has 1 rings (SSSR count). The lowest BCUT2D eigenvalue weighted by molar-refractivity contribution is 0.859. The normalized spacial score (nSPS) is 13.0. The monoisotopic (exact) mass is 268 g/mol. The lowest BCUT2D eigenvalue weighted by atomic mass is 10.1. The van der Waals surface area contributed by atoms with E-state index >= 15 is 0 Å². The Morgan fingerprint density at radius 1 is 1.50 bits per heavy atom. The first kappa shape index (κ1) is 10.2. The minimum Gasteiger partial charge on any atom is -0.137 e. The number of halogens is 3. The van der Waals surface area contributed by atoms with Gasteiger partial charge in [0.1, 0.15) is 0 Å². The second kappa shape index (κ2) is 4.40. The first-order valence-electron chi connectivity index (χ1n) is 3.39. The highest BCUT2D eigenvalue weighted by Gasteiger charge is 2.10. The van der Waals surface area contributed by atoms with E-state index in [0.717, 1.165) is 10.9 Å². The molecule has 0 radical (unpaired) electrons. The molecule has 0 aliphatic carbocycles. The second-order valence-corrected chi connectivity index (χ2v) is 3.86. The number of rotatable bonds is 2. The largest absolute Gasteiger partial charge is 0.155 e. The van der Waals surface area contributed by atoms with E-state index in [1.807, 2.05) is 6.92 Å². The summed E-state index contributed by atoms with van der Waals surface area (Å²) < 4.78 is 0. The van der Waals surface area contributed by atoms with Gasteiger partial charge in [-0.05, 0) is 17.5 Å². The molecule has 1 unspecified atom stereocenters. The summed E-state index contributed by atoms with van der Waals surface area (Å²) in [5.74, 6) is 0.297. The topological polar surface area (TPSA) is 25.8 Å². The number of nitrogens with zero attached hydrogens (tertiary/aromatic N) is 2. The highest BCUT2D eigenvalue weighted by Crippen LogP contribution is 2.25. The molecule has 12 heavy (non-hydrogen) atoms. The van der Waals surface area contributed by atoms with Crippen molar-refractivity contribution in [3.05, 3.63) is 21.9 Å². The molecule has 0 saturated carbocycles. The van der Waals surface area contributed by atoms with Crippen LogP contribution < -0.4 is 0 Å². The first-order valence-corrected chi connectivity index (χ1v) is 5.27. The standard InChI is InChI=1S/C7H7BrCl2N2/c1-4(3-8)5-2-6(9)11-12-7(5)10/h2,4H,3H2,1H3. The second-order valence-electron chi connectivity index (χ2n) is 2.47. The number of hydrogen-bond donors (Lipinski definition) is 0. The van der Waals surface area contributed by atoms with Gasteiger partial charge in [-0.15, -0.1) is 10.2 Å². The van der Waals surface area contributed by atoms with Crippen LogP contribution in [0.5, 0.6) is 0 Å². The van der Waals surface area contributed by atoms with E-state index < -0.39 is 0 Å². The maximum atomic E-state index is 5.82. The molecule has 0 saturated heterocycles. The van der Waals surface area contributed by atoms with Crippen molar-refractivity contribution in [2.45, 2.75) is 12.8 Å². The molecule has 0 aliphatic heterocycles. The molecular weight excluding hydrogens is 263 g/mol. The Bertz CT molecular complexity index is 280. The molecule has 1 aromatic heterocycles. The van der Waals surface area contributed by atoms with E-state index in [4.69, 9.17) is 23.2 Å². The van der Waals surface area contributed by atoms with E-state index in [9.17, 15) is 0 Å². The van der Waals surface area contributed by atoms with Gasteiger partial charge >= 0.3 is 0 Å². The Balaban J connectivity index is 3.04. The summed E-state index contributed by atoms with van der Waals surface area (Å²) in [5.41, 5.74) is 0.925. The van der Waals surface area contributed by atoms with Gasteiger partial charge in [-0.1, -0.05) is 46.1 Å². The summed E-state index contributed by atoms with van der Waals surface area (Å²) >= 11 is 14.8. The van der Waals surface area contributed by atoms with Crippen LogP contribution in [0.4, 0.5) is 0 Å². The van der Waals surface area contributed by atoms with Crippen LogP contribution in [0.15, 0.2) is 6.07 Å². The Hall–Kier alpha value is 0.140. The third-order valence-corrected chi connectivity index (χ3v) is 2.96. The Morgan fingerprint density at radius 2 is 2.17 bits per heavy atom. The van der Waals surface area contributed by atoms with Gasteiger partial charge in [-0.3, -0.25) is 0 Å².